The van der Waals surface area contributed by atoms with Crippen LogP contribution in [0.3, 0.4) is 0 Å². The van der Waals surface area contributed by atoms with Gasteiger partial charge in [-0.3, -0.25) is 14.6 Å². The number of amides is 2. The third-order valence-electron chi connectivity index (χ3n) is 2.88. The molecule has 0 aliphatic rings. The van der Waals surface area contributed by atoms with Gasteiger partial charge in [-0.1, -0.05) is 24.3 Å². The largest absolute Gasteiger partial charge is 0.351 e. The second-order valence-electron chi connectivity index (χ2n) is 4.44. The monoisotopic (exact) mass is 294 g/mol. The van der Waals surface area contributed by atoms with Gasteiger partial charge in [-0.15, -0.1) is 0 Å². The van der Waals surface area contributed by atoms with Crippen molar-refractivity contribution in [2.45, 2.75) is 13.0 Å². The summed E-state index contributed by atoms with van der Waals surface area (Å²) in [7, 11) is 0. The highest BCUT2D eigenvalue weighted by molar-refractivity contribution is 6.03. The highest BCUT2D eigenvalue weighted by Crippen LogP contribution is 2.15. The number of carbonyl (C=O) groups is 2. The van der Waals surface area contributed by atoms with Crippen molar-refractivity contribution in [2.24, 2.45) is 0 Å². The Morgan fingerprint density at radius 3 is 2.64 bits per heavy atom. The Morgan fingerprint density at radius 1 is 1.14 bits per heavy atom. The van der Waals surface area contributed by atoms with Crippen molar-refractivity contribution in [3.63, 3.8) is 0 Å². The summed E-state index contributed by atoms with van der Waals surface area (Å²) < 4.78 is 0. The van der Waals surface area contributed by atoms with Crippen LogP contribution in [0.1, 0.15) is 22.5 Å². The van der Waals surface area contributed by atoms with E-state index in [1.165, 1.54) is 0 Å². The molecule has 0 bridgehead atoms. The van der Waals surface area contributed by atoms with Gasteiger partial charge in [0.1, 0.15) is 12.1 Å². The first-order chi connectivity index (χ1) is 10.7. The van der Waals surface area contributed by atoms with E-state index in [0.29, 0.717) is 11.4 Å². The van der Waals surface area contributed by atoms with Crippen molar-refractivity contribution in [1.82, 2.24) is 10.3 Å². The van der Waals surface area contributed by atoms with E-state index in [0.717, 1.165) is 5.56 Å². The number of hydrogen-bond acceptors (Lipinski definition) is 4. The topological polar surface area (TPSA) is 94.9 Å². The lowest BCUT2D eigenvalue weighted by Gasteiger charge is -2.11. The third kappa shape index (κ3) is 4.15. The average Bonchev–Trinajstić information content (AvgIpc) is 2.55. The summed E-state index contributed by atoms with van der Waals surface area (Å²) in [6.07, 6.45) is 1.35. The number of aromatic nitrogens is 1. The molecule has 22 heavy (non-hydrogen) atoms. The van der Waals surface area contributed by atoms with Gasteiger partial charge < -0.3 is 10.6 Å². The number of benzene rings is 1. The van der Waals surface area contributed by atoms with Gasteiger partial charge in [0.25, 0.3) is 5.91 Å². The Morgan fingerprint density at radius 2 is 1.91 bits per heavy atom. The second kappa shape index (κ2) is 7.55. The number of carbonyl (C=O) groups excluding carboxylic acids is 2. The standard InChI is InChI=1S/C16H14N4O2/c17-9-8-15(21)19-11-12-5-1-2-6-13(12)20-16(22)14-7-3-4-10-18-14/h1-7,10H,8,11H2,(H,19,21)(H,20,22). The summed E-state index contributed by atoms with van der Waals surface area (Å²) in [5.74, 6) is -0.676. The zero-order valence-corrected chi connectivity index (χ0v) is 11.7. The molecule has 0 aliphatic heterocycles. The van der Waals surface area contributed by atoms with E-state index < -0.39 is 0 Å². The van der Waals surface area contributed by atoms with E-state index in [1.54, 1.807) is 48.7 Å². The van der Waals surface area contributed by atoms with Crippen LogP contribution in [0.25, 0.3) is 0 Å². The maximum absolute atomic E-state index is 12.1. The summed E-state index contributed by atoms with van der Waals surface area (Å²) in [5.41, 5.74) is 1.65. The van der Waals surface area contributed by atoms with Crippen molar-refractivity contribution < 1.29 is 9.59 Å². The normalized spacial score (nSPS) is 9.59. The van der Waals surface area contributed by atoms with E-state index in [4.69, 9.17) is 5.26 Å². The number of nitriles is 1. The molecule has 0 spiro atoms. The van der Waals surface area contributed by atoms with Gasteiger partial charge in [0.15, 0.2) is 0 Å². The molecule has 0 unspecified atom stereocenters. The molecule has 0 atom stereocenters. The number of hydrogen-bond donors (Lipinski definition) is 2. The first kappa shape index (κ1) is 15.2. The fourth-order valence-corrected chi connectivity index (χ4v) is 1.81. The number of pyridine rings is 1. The van der Waals surface area contributed by atoms with Gasteiger partial charge in [0, 0.05) is 18.4 Å². The third-order valence-corrected chi connectivity index (χ3v) is 2.88. The molecule has 2 N–H and O–H groups in total. The van der Waals surface area contributed by atoms with Crippen molar-refractivity contribution in [3.8, 4) is 6.07 Å². The lowest BCUT2D eigenvalue weighted by atomic mass is 10.1. The molecule has 6 heteroatoms. The fourth-order valence-electron chi connectivity index (χ4n) is 1.81. The predicted molar refractivity (Wildman–Crippen MR) is 80.7 cm³/mol. The molecule has 0 saturated carbocycles. The number of anilines is 1. The molecule has 1 aromatic heterocycles. The molecule has 0 aliphatic carbocycles. The van der Waals surface area contributed by atoms with Crippen LogP contribution in [0.2, 0.25) is 0 Å². The first-order valence-electron chi connectivity index (χ1n) is 6.64. The van der Waals surface area contributed by atoms with Gasteiger partial charge in [-0.25, -0.2) is 0 Å². The van der Waals surface area contributed by atoms with Crippen LogP contribution in [-0.4, -0.2) is 16.8 Å². The lowest BCUT2D eigenvalue weighted by Crippen LogP contribution is -2.23. The summed E-state index contributed by atoms with van der Waals surface area (Å²) in [6.45, 7) is 0.235. The Bertz CT molecular complexity index is 708. The Balaban J connectivity index is 2.07. The molecule has 2 amide bonds. The number of nitrogens with one attached hydrogen (secondary N) is 2. The van der Waals surface area contributed by atoms with Crippen LogP contribution in [0.5, 0.6) is 0 Å². The molecular formula is C16H14N4O2. The number of nitrogens with zero attached hydrogens (tertiary/aromatic N) is 2. The number of rotatable bonds is 5. The molecule has 0 fully saturated rings. The molecule has 2 aromatic rings. The van der Waals surface area contributed by atoms with Gasteiger partial charge in [-0.2, -0.15) is 5.26 Å². The highest BCUT2D eigenvalue weighted by atomic mass is 16.2. The van der Waals surface area contributed by atoms with E-state index in [1.807, 2.05) is 6.07 Å². The van der Waals surface area contributed by atoms with Gasteiger partial charge in [-0.05, 0) is 23.8 Å². The minimum Gasteiger partial charge on any atom is -0.351 e. The van der Waals surface area contributed by atoms with Crippen molar-refractivity contribution >= 4 is 17.5 Å². The van der Waals surface area contributed by atoms with Gasteiger partial charge in [0.05, 0.1) is 6.07 Å². The molecule has 1 heterocycles. The molecule has 0 saturated heterocycles. The second-order valence-corrected chi connectivity index (χ2v) is 4.44. The highest BCUT2D eigenvalue weighted by Gasteiger charge is 2.10. The SMILES string of the molecule is N#CCC(=O)NCc1ccccc1NC(=O)c1ccccn1. The Hall–Kier alpha value is -3.20. The Labute approximate surface area is 127 Å². The Kier molecular flexibility index (Phi) is 5.21. The van der Waals surface area contributed by atoms with E-state index >= 15 is 0 Å². The average molecular weight is 294 g/mol. The molecule has 0 radical (unpaired) electrons. The minimum atomic E-state index is -0.353. The van der Waals surface area contributed by atoms with Crippen LogP contribution in [0, 0.1) is 11.3 Å². The van der Waals surface area contributed by atoms with Crippen LogP contribution >= 0.6 is 0 Å². The predicted octanol–water partition coefficient (Wildman–Crippen LogP) is 1.86. The lowest BCUT2D eigenvalue weighted by molar-refractivity contribution is -0.120. The number of para-hydroxylation sites is 1. The molecule has 110 valence electrons. The van der Waals surface area contributed by atoms with Crippen molar-refractivity contribution in [2.75, 3.05) is 5.32 Å². The maximum Gasteiger partial charge on any atom is 0.274 e. The zero-order valence-electron chi connectivity index (χ0n) is 11.7. The molecule has 2 rings (SSSR count). The summed E-state index contributed by atoms with van der Waals surface area (Å²) in [4.78, 5) is 27.4. The molecular weight excluding hydrogens is 280 g/mol. The van der Waals surface area contributed by atoms with E-state index in [2.05, 4.69) is 15.6 Å². The van der Waals surface area contributed by atoms with Crippen molar-refractivity contribution in [1.29, 1.82) is 5.26 Å². The van der Waals surface area contributed by atoms with Crippen LogP contribution in [0.15, 0.2) is 48.7 Å². The first-order valence-corrected chi connectivity index (χ1v) is 6.64. The van der Waals surface area contributed by atoms with Crippen LogP contribution in [0.4, 0.5) is 5.69 Å². The summed E-state index contributed by atoms with van der Waals surface area (Å²) in [5, 5.41) is 13.8. The fraction of sp³-hybridized carbons (Fsp3) is 0.125. The molecule has 6 nitrogen and oxygen atoms in total. The van der Waals surface area contributed by atoms with Gasteiger partial charge in [0.2, 0.25) is 5.91 Å². The maximum atomic E-state index is 12.1. The van der Waals surface area contributed by atoms with Crippen LogP contribution < -0.4 is 10.6 Å². The zero-order chi connectivity index (χ0) is 15.8. The minimum absolute atomic E-state index is 0.192. The van der Waals surface area contributed by atoms with E-state index in [-0.39, 0.29) is 24.8 Å². The summed E-state index contributed by atoms with van der Waals surface area (Å²) in [6, 6.07) is 14.0. The quantitative estimate of drug-likeness (QED) is 0.880. The smallest absolute Gasteiger partial charge is 0.274 e. The molecule has 1 aromatic carbocycles. The van der Waals surface area contributed by atoms with E-state index in [9.17, 15) is 9.59 Å². The van der Waals surface area contributed by atoms with Crippen molar-refractivity contribution in [3.05, 3.63) is 59.9 Å². The van der Waals surface area contributed by atoms with Crippen LogP contribution in [-0.2, 0) is 11.3 Å². The van der Waals surface area contributed by atoms with Gasteiger partial charge >= 0.3 is 0 Å². The summed E-state index contributed by atoms with van der Waals surface area (Å²) >= 11 is 0.